The predicted octanol–water partition coefficient (Wildman–Crippen LogP) is 2.14. The number of rotatable bonds is 2. The third-order valence-electron chi connectivity index (χ3n) is 2.99. The van der Waals surface area contributed by atoms with E-state index in [-0.39, 0.29) is 0 Å². The minimum Gasteiger partial charge on any atom is -0.341 e. The van der Waals surface area contributed by atoms with Crippen molar-refractivity contribution < 1.29 is 0 Å². The summed E-state index contributed by atoms with van der Waals surface area (Å²) in [6.45, 7) is 2.13. The number of nitrogens with zero attached hydrogens (tertiary/aromatic N) is 4. The Morgan fingerprint density at radius 2 is 1.94 bits per heavy atom. The molecule has 0 spiro atoms. The van der Waals surface area contributed by atoms with Crippen LogP contribution in [0, 0.1) is 0 Å². The first-order valence-electron chi connectivity index (χ1n) is 5.92. The van der Waals surface area contributed by atoms with E-state index in [1.54, 1.807) is 6.20 Å². The van der Waals surface area contributed by atoms with Gasteiger partial charge in [0.25, 0.3) is 0 Å². The van der Waals surface area contributed by atoms with Crippen molar-refractivity contribution in [1.82, 2.24) is 15.0 Å². The summed E-state index contributed by atoms with van der Waals surface area (Å²) in [6.07, 6.45) is 7.89. The van der Waals surface area contributed by atoms with Crippen molar-refractivity contribution in [2.24, 2.45) is 0 Å². The molecule has 0 unspecified atom stereocenters. The van der Waals surface area contributed by atoms with E-state index in [4.69, 9.17) is 0 Å². The van der Waals surface area contributed by atoms with Gasteiger partial charge in [-0.25, -0.2) is 9.97 Å². The Hall–Kier alpha value is -1.97. The quantitative estimate of drug-likeness (QED) is 0.786. The normalized spacial score (nSPS) is 15.2. The Kier molecular flexibility index (Phi) is 2.69. The molecule has 0 atom stereocenters. The van der Waals surface area contributed by atoms with Crippen LogP contribution in [0.25, 0.3) is 11.3 Å². The molecule has 0 amide bonds. The van der Waals surface area contributed by atoms with Crippen molar-refractivity contribution in [3.05, 3.63) is 36.8 Å². The molecule has 17 heavy (non-hydrogen) atoms. The molecular formula is C13H14N4. The molecule has 2 aromatic rings. The molecule has 0 saturated carbocycles. The molecule has 1 aliphatic heterocycles. The smallest absolute Gasteiger partial charge is 0.225 e. The average Bonchev–Trinajstić information content (AvgIpc) is 2.94. The molecule has 0 aliphatic carbocycles. The van der Waals surface area contributed by atoms with Crippen LogP contribution in [0.5, 0.6) is 0 Å². The highest BCUT2D eigenvalue weighted by atomic mass is 15.3. The van der Waals surface area contributed by atoms with Crippen LogP contribution in [0.15, 0.2) is 36.8 Å². The average molecular weight is 226 g/mol. The summed E-state index contributed by atoms with van der Waals surface area (Å²) < 4.78 is 0. The van der Waals surface area contributed by atoms with Crippen LogP contribution in [0.1, 0.15) is 12.8 Å². The van der Waals surface area contributed by atoms with Gasteiger partial charge in [-0.05, 0) is 31.0 Å². The Morgan fingerprint density at radius 3 is 2.71 bits per heavy atom. The molecule has 0 radical (unpaired) electrons. The molecular weight excluding hydrogens is 212 g/mol. The summed E-state index contributed by atoms with van der Waals surface area (Å²) in [5.41, 5.74) is 1.98. The van der Waals surface area contributed by atoms with Crippen molar-refractivity contribution in [1.29, 1.82) is 0 Å². The minimum absolute atomic E-state index is 0.837. The highest BCUT2D eigenvalue weighted by Gasteiger charge is 2.15. The van der Waals surface area contributed by atoms with Gasteiger partial charge in [0.15, 0.2) is 0 Å². The largest absolute Gasteiger partial charge is 0.341 e. The van der Waals surface area contributed by atoms with Crippen molar-refractivity contribution in [2.75, 3.05) is 18.0 Å². The van der Waals surface area contributed by atoms with Crippen molar-refractivity contribution in [3.8, 4) is 11.3 Å². The summed E-state index contributed by atoms with van der Waals surface area (Å²) in [4.78, 5) is 15.3. The zero-order valence-corrected chi connectivity index (χ0v) is 9.58. The maximum atomic E-state index is 4.60. The van der Waals surface area contributed by atoms with Crippen LogP contribution in [0.3, 0.4) is 0 Å². The van der Waals surface area contributed by atoms with Crippen molar-refractivity contribution in [2.45, 2.75) is 12.8 Å². The van der Waals surface area contributed by atoms with Crippen LogP contribution in [-0.2, 0) is 0 Å². The topological polar surface area (TPSA) is 41.9 Å². The number of anilines is 1. The van der Waals surface area contributed by atoms with Crippen LogP contribution in [0.4, 0.5) is 5.95 Å². The lowest BCUT2D eigenvalue weighted by Gasteiger charge is -2.15. The van der Waals surface area contributed by atoms with E-state index in [9.17, 15) is 0 Å². The zero-order chi connectivity index (χ0) is 11.5. The van der Waals surface area contributed by atoms with E-state index < -0.39 is 0 Å². The highest BCUT2D eigenvalue weighted by Crippen LogP contribution is 2.20. The first-order chi connectivity index (χ1) is 8.43. The Bertz CT molecular complexity index is 492. The fourth-order valence-corrected chi connectivity index (χ4v) is 2.09. The Morgan fingerprint density at radius 1 is 1.06 bits per heavy atom. The number of aromatic nitrogens is 3. The molecule has 3 rings (SSSR count). The Labute approximate surface area is 100 Å². The van der Waals surface area contributed by atoms with Gasteiger partial charge in [0.05, 0.1) is 5.69 Å². The molecule has 3 heterocycles. The first-order valence-corrected chi connectivity index (χ1v) is 5.92. The van der Waals surface area contributed by atoms with Gasteiger partial charge in [-0.1, -0.05) is 0 Å². The van der Waals surface area contributed by atoms with Gasteiger partial charge in [-0.2, -0.15) is 0 Å². The van der Waals surface area contributed by atoms with Crippen molar-refractivity contribution in [3.63, 3.8) is 0 Å². The summed E-state index contributed by atoms with van der Waals surface area (Å²) in [7, 11) is 0. The molecule has 4 heteroatoms. The van der Waals surface area contributed by atoms with Gasteiger partial charge >= 0.3 is 0 Å². The molecule has 4 nitrogen and oxygen atoms in total. The molecule has 0 bridgehead atoms. The summed E-state index contributed by atoms with van der Waals surface area (Å²) in [5.74, 6) is 0.837. The van der Waals surface area contributed by atoms with Gasteiger partial charge in [0, 0.05) is 37.2 Å². The van der Waals surface area contributed by atoms with Crippen LogP contribution < -0.4 is 4.90 Å². The predicted molar refractivity (Wildman–Crippen MR) is 66.7 cm³/mol. The lowest BCUT2D eigenvalue weighted by molar-refractivity contribution is 0.900. The zero-order valence-electron chi connectivity index (χ0n) is 9.58. The third-order valence-corrected chi connectivity index (χ3v) is 2.99. The fraction of sp³-hybridized carbons (Fsp3) is 0.308. The van der Waals surface area contributed by atoms with E-state index in [1.165, 1.54) is 12.8 Å². The van der Waals surface area contributed by atoms with Gasteiger partial charge in [0.1, 0.15) is 0 Å². The van der Waals surface area contributed by atoms with Crippen LogP contribution in [0.2, 0.25) is 0 Å². The minimum atomic E-state index is 0.837. The summed E-state index contributed by atoms with van der Waals surface area (Å²) in [5, 5.41) is 0. The first kappa shape index (κ1) is 10.2. The summed E-state index contributed by atoms with van der Waals surface area (Å²) >= 11 is 0. The van der Waals surface area contributed by atoms with E-state index in [1.807, 2.05) is 30.6 Å². The third kappa shape index (κ3) is 2.11. The van der Waals surface area contributed by atoms with E-state index in [2.05, 4.69) is 19.9 Å². The highest BCUT2D eigenvalue weighted by molar-refractivity contribution is 5.58. The van der Waals surface area contributed by atoms with Crippen LogP contribution >= 0.6 is 0 Å². The number of hydrogen-bond acceptors (Lipinski definition) is 4. The number of pyridine rings is 1. The second kappa shape index (κ2) is 4.49. The Balaban J connectivity index is 1.94. The van der Waals surface area contributed by atoms with Gasteiger partial charge < -0.3 is 4.90 Å². The van der Waals surface area contributed by atoms with Gasteiger partial charge in [0.2, 0.25) is 5.95 Å². The SMILES string of the molecule is c1cncc(-c2ccnc(N3CCCC3)n2)c1. The second-order valence-electron chi connectivity index (χ2n) is 4.18. The molecule has 1 aliphatic rings. The van der Waals surface area contributed by atoms with Crippen molar-refractivity contribution >= 4 is 5.95 Å². The monoisotopic (exact) mass is 226 g/mol. The van der Waals surface area contributed by atoms with E-state index >= 15 is 0 Å². The van der Waals surface area contributed by atoms with E-state index in [0.29, 0.717) is 0 Å². The van der Waals surface area contributed by atoms with Gasteiger partial charge in [-0.15, -0.1) is 0 Å². The fourth-order valence-electron chi connectivity index (χ4n) is 2.09. The molecule has 0 N–H and O–H groups in total. The van der Waals surface area contributed by atoms with Crippen LogP contribution in [-0.4, -0.2) is 28.0 Å². The van der Waals surface area contributed by atoms with E-state index in [0.717, 1.165) is 30.3 Å². The lowest BCUT2D eigenvalue weighted by Crippen LogP contribution is -2.20. The molecule has 1 saturated heterocycles. The molecule has 86 valence electrons. The lowest BCUT2D eigenvalue weighted by atomic mass is 10.2. The second-order valence-corrected chi connectivity index (χ2v) is 4.18. The maximum Gasteiger partial charge on any atom is 0.225 e. The maximum absolute atomic E-state index is 4.60. The number of hydrogen-bond donors (Lipinski definition) is 0. The molecule has 1 fully saturated rings. The molecule has 0 aromatic carbocycles. The van der Waals surface area contributed by atoms with Gasteiger partial charge in [-0.3, -0.25) is 4.98 Å². The standard InChI is InChI=1S/C13H14N4/c1-2-9-17(8-1)13-15-7-5-12(16-13)11-4-3-6-14-10-11/h3-7,10H,1-2,8-9H2. The molecule has 2 aromatic heterocycles. The summed E-state index contributed by atoms with van der Waals surface area (Å²) in [6, 6.07) is 5.87.